The number of carbonyl (C=O) groups is 2. The molecule has 1 N–H and O–H groups in total. The summed E-state index contributed by atoms with van der Waals surface area (Å²) in [5.41, 5.74) is 2.51. The lowest BCUT2D eigenvalue weighted by molar-refractivity contribution is 0.0467. The number of nitrogens with zero attached hydrogens (tertiary/aromatic N) is 1. The molecule has 0 saturated carbocycles. The van der Waals surface area contributed by atoms with Crippen LogP contribution >= 0.6 is 0 Å². The molecule has 0 radical (unpaired) electrons. The van der Waals surface area contributed by atoms with Crippen molar-refractivity contribution in [3.63, 3.8) is 0 Å². The second-order valence-corrected chi connectivity index (χ2v) is 5.80. The Balaban J connectivity index is 1.85. The molecule has 0 aliphatic rings. The molecule has 0 unspecified atom stereocenters. The number of halogens is 1. The predicted molar refractivity (Wildman–Crippen MR) is 92.4 cm³/mol. The number of H-pyrrole nitrogens is 1. The highest BCUT2D eigenvalue weighted by Gasteiger charge is 2.23. The molecule has 0 aliphatic heterocycles. The normalized spacial score (nSPS) is 10.8. The van der Waals surface area contributed by atoms with Crippen LogP contribution in [0, 0.1) is 19.7 Å². The van der Waals surface area contributed by atoms with Gasteiger partial charge in [-0.15, -0.1) is 0 Å². The van der Waals surface area contributed by atoms with Crippen molar-refractivity contribution >= 4 is 22.8 Å². The van der Waals surface area contributed by atoms with Gasteiger partial charge in [0.15, 0.2) is 0 Å². The Hall–Kier alpha value is -3.22. The zero-order valence-corrected chi connectivity index (χ0v) is 14.6. The fraction of sp³-hybridized carbons (Fsp3) is 0.211. The van der Waals surface area contributed by atoms with Crippen LogP contribution in [-0.4, -0.2) is 29.0 Å². The van der Waals surface area contributed by atoms with E-state index in [0.29, 0.717) is 33.3 Å². The van der Waals surface area contributed by atoms with Crippen LogP contribution in [-0.2, 0) is 16.1 Å². The molecule has 1 aromatic carbocycles. The molecule has 2 heterocycles. The standard InChI is InChI=1S/C19H17FN2O4/c1-10-15(18(23)25-3)11(2)22-16(10)19(24)26-9-12-6-7-14(20)13-5-4-8-21-17(12)13/h4-8,22H,9H2,1-3H3. The second kappa shape index (κ2) is 6.95. The molecular formula is C19H17FN2O4. The highest BCUT2D eigenvalue weighted by atomic mass is 19.1. The summed E-state index contributed by atoms with van der Waals surface area (Å²) < 4.78 is 23.9. The van der Waals surface area contributed by atoms with Crippen LogP contribution in [0.1, 0.15) is 37.7 Å². The largest absolute Gasteiger partial charge is 0.465 e. The van der Waals surface area contributed by atoms with Crippen molar-refractivity contribution in [3.05, 3.63) is 64.4 Å². The first-order chi connectivity index (χ1) is 12.4. The fourth-order valence-electron chi connectivity index (χ4n) is 2.89. The number of hydrogen-bond donors (Lipinski definition) is 1. The van der Waals surface area contributed by atoms with Crippen molar-refractivity contribution < 1.29 is 23.5 Å². The van der Waals surface area contributed by atoms with Gasteiger partial charge in [0.05, 0.1) is 18.2 Å². The second-order valence-electron chi connectivity index (χ2n) is 5.80. The Morgan fingerprint density at radius 1 is 1.19 bits per heavy atom. The SMILES string of the molecule is COC(=O)c1c(C)[nH]c(C(=O)OCc2ccc(F)c3cccnc23)c1C. The molecule has 0 amide bonds. The number of aromatic amines is 1. The number of ether oxygens (including phenoxy) is 2. The lowest BCUT2D eigenvalue weighted by Gasteiger charge is -2.08. The van der Waals surface area contributed by atoms with E-state index in [2.05, 4.69) is 9.97 Å². The van der Waals surface area contributed by atoms with Gasteiger partial charge >= 0.3 is 11.9 Å². The van der Waals surface area contributed by atoms with Crippen LogP contribution in [0.4, 0.5) is 4.39 Å². The molecule has 7 heteroatoms. The maximum absolute atomic E-state index is 13.8. The van der Waals surface area contributed by atoms with Crippen LogP contribution in [0.2, 0.25) is 0 Å². The van der Waals surface area contributed by atoms with Gasteiger partial charge in [-0.3, -0.25) is 4.98 Å². The van der Waals surface area contributed by atoms with E-state index in [1.807, 2.05) is 0 Å². The first kappa shape index (κ1) is 17.6. The summed E-state index contributed by atoms with van der Waals surface area (Å²) in [6.45, 7) is 3.24. The molecule has 0 atom stereocenters. The average molecular weight is 356 g/mol. The third kappa shape index (κ3) is 3.03. The molecule has 3 rings (SSSR count). The van der Waals surface area contributed by atoms with E-state index < -0.39 is 11.9 Å². The summed E-state index contributed by atoms with van der Waals surface area (Å²) in [7, 11) is 1.28. The van der Waals surface area contributed by atoms with Gasteiger partial charge in [-0.1, -0.05) is 6.07 Å². The third-order valence-electron chi connectivity index (χ3n) is 4.19. The average Bonchev–Trinajstić information content (AvgIpc) is 2.95. The number of carbonyl (C=O) groups excluding carboxylic acids is 2. The van der Waals surface area contributed by atoms with Crippen molar-refractivity contribution in [2.24, 2.45) is 0 Å². The number of aromatic nitrogens is 2. The van der Waals surface area contributed by atoms with Gasteiger partial charge in [-0.05, 0) is 37.6 Å². The summed E-state index contributed by atoms with van der Waals surface area (Å²) in [5.74, 6) is -1.53. The Kier molecular flexibility index (Phi) is 4.71. The smallest absolute Gasteiger partial charge is 0.355 e. The summed E-state index contributed by atoms with van der Waals surface area (Å²) in [6, 6.07) is 6.10. The van der Waals surface area contributed by atoms with Gasteiger partial charge in [0.25, 0.3) is 0 Å². The zero-order chi connectivity index (χ0) is 18.8. The molecule has 6 nitrogen and oxygen atoms in total. The Bertz CT molecular complexity index is 1010. The number of hydrogen-bond acceptors (Lipinski definition) is 5. The molecule has 0 fully saturated rings. The molecular weight excluding hydrogens is 339 g/mol. The van der Waals surface area contributed by atoms with Crippen molar-refractivity contribution in [1.82, 2.24) is 9.97 Å². The lowest BCUT2D eigenvalue weighted by Crippen LogP contribution is -2.09. The van der Waals surface area contributed by atoms with E-state index in [0.717, 1.165) is 0 Å². The number of rotatable bonds is 4. The summed E-state index contributed by atoms with van der Waals surface area (Å²) >= 11 is 0. The minimum absolute atomic E-state index is 0.0717. The van der Waals surface area contributed by atoms with Crippen molar-refractivity contribution in [2.75, 3.05) is 7.11 Å². The van der Waals surface area contributed by atoms with Crippen LogP contribution < -0.4 is 0 Å². The summed E-state index contributed by atoms with van der Waals surface area (Å²) in [5, 5.41) is 0.362. The molecule has 26 heavy (non-hydrogen) atoms. The zero-order valence-electron chi connectivity index (χ0n) is 14.6. The highest BCUT2D eigenvalue weighted by Crippen LogP contribution is 2.22. The maximum Gasteiger partial charge on any atom is 0.355 e. The van der Waals surface area contributed by atoms with Crippen LogP contribution in [0.3, 0.4) is 0 Å². The number of pyridine rings is 1. The van der Waals surface area contributed by atoms with Crippen molar-refractivity contribution in [3.8, 4) is 0 Å². The van der Waals surface area contributed by atoms with Gasteiger partial charge in [-0.2, -0.15) is 0 Å². The number of fused-ring (bicyclic) bond motifs is 1. The van der Waals surface area contributed by atoms with E-state index >= 15 is 0 Å². The minimum Gasteiger partial charge on any atom is -0.465 e. The molecule has 0 bridgehead atoms. The lowest BCUT2D eigenvalue weighted by atomic mass is 10.1. The van der Waals surface area contributed by atoms with Gasteiger partial charge in [0.2, 0.25) is 0 Å². The summed E-state index contributed by atoms with van der Waals surface area (Å²) in [4.78, 5) is 31.3. The van der Waals surface area contributed by atoms with Gasteiger partial charge < -0.3 is 14.5 Å². The van der Waals surface area contributed by atoms with E-state index in [-0.39, 0.29) is 18.1 Å². The van der Waals surface area contributed by atoms with E-state index in [9.17, 15) is 14.0 Å². The first-order valence-corrected chi connectivity index (χ1v) is 7.90. The Labute approximate surface area is 149 Å². The number of nitrogens with one attached hydrogen (secondary N) is 1. The van der Waals surface area contributed by atoms with Gasteiger partial charge in [0, 0.05) is 22.8 Å². The number of methoxy groups -OCH3 is 1. The van der Waals surface area contributed by atoms with Crippen molar-refractivity contribution in [1.29, 1.82) is 0 Å². The number of benzene rings is 1. The molecule has 2 aromatic heterocycles. The Morgan fingerprint density at radius 2 is 1.96 bits per heavy atom. The molecule has 3 aromatic rings. The van der Waals surface area contributed by atoms with Gasteiger partial charge in [-0.25, -0.2) is 14.0 Å². The van der Waals surface area contributed by atoms with Crippen LogP contribution in [0.5, 0.6) is 0 Å². The topological polar surface area (TPSA) is 81.3 Å². The van der Waals surface area contributed by atoms with E-state index in [1.54, 1.807) is 32.2 Å². The molecule has 0 aliphatic carbocycles. The monoisotopic (exact) mass is 356 g/mol. The quantitative estimate of drug-likeness (QED) is 0.724. The third-order valence-corrected chi connectivity index (χ3v) is 4.19. The predicted octanol–water partition coefficient (Wildman–Crippen LogP) is 3.46. The molecule has 134 valence electrons. The van der Waals surface area contributed by atoms with Crippen molar-refractivity contribution in [2.45, 2.75) is 20.5 Å². The minimum atomic E-state index is -0.617. The number of esters is 2. The molecule has 0 spiro atoms. The fourth-order valence-corrected chi connectivity index (χ4v) is 2.89. The van der Waals surface area contributed by atoms with E-state index in [4.69, 9.17) is 9.47 Å². The Morgan fingerprint density at radius 3 is 2.69 bits per heavy atom. The van der Waals surface area contributed by atoms with Crippen LogP contribution in [0.25, 0.3) is 10.9 Å². The number of aryl methyl sites for hydroxylation is 1. The molecule has 0 saturated heterocycles. The van der Waals surface area contributed by atoms with E-state index in [1.165, 1.54) is 19.2 Å². The first-order valence-electron chi connectivity index (χ1n) is 7.90. The highest BCUT2D eigenvalue weighted by molar-refractivity contribution is 5.98. The van der Waals surface area contributed by atoms with Crippen LogP contribution in [0.15, 0.2) is 30.5 Å². The summed E-state index contributed by atoms with van der Waals surface area (Å²) in [6.07, 6.45) is 1.55. The van der Waals surface area contributed by atoms with Gasteiger partial charge in [0.1, 0.15) is 18.1 Å². The maximum atomic E-state index is 13.8.